The lowest BCUT2D eigenvalue weighted by atomic mass is 10.0. The molecular formula is C8H12O3. The Balaban J connectivity index is 4.16. The van der Waals surface area contributed by atoms with Gasteiger partial charge >= 0.3 is 5.97 Å². The van der Waals surface area contributed by atoms with E-state index in [1.54, 1.807) is 0 Å². The molecule has 0 aromatic rings. The van der Waals surface area contributed by atoms with E-state index in [0.29, 0.717) is 24.2 Å². The molecule has 0 saturated heterocycles. The predicted molar refractivity (Wildman–Crippen MR) is 41.2 cm³/mol. The molecule has 0 unspecified atom stereocenters. The number of aliphatic carboxylic acids is 1. The van der Waals surface area contributed by atoms with E-state index in [1.807, 2.05) is 13.8 Å². The molecule has 0 bridgehead atoms. The quantitative estimate of drug-likeness (QED) is 0.492. The maximum atomic E-state index is 10.2. The molecule has 3 nitrogen and oxygen atoms in total. The lowest BCUT2D eigenvalue weighted by Gasteiger charge is -2.01. The zero-order chi connectivity index (χ0) is 8.85. The molecule has 0 amide bonds. The number of carbonyl (C=O) groups excluding carboxylic acids is 1. The van der Waals surface area contributed by atoms with Gasteiger partial charge in [0.2, 0.25) is 0 Å². The van der Waals surface area contributed by atoms with E-state index in [-0.39, 0.29) is 0 Å². The van der Waals surface area contributed by atoms with Gasteiger partial charge in [0.15, 0.2) is 0 Å². The second-order valence-electron chi connectivity index (χ2n) is 2.77. The predicted octanol–water partition coefficient (Wildman–Crippen LogP) is 1.24. The van der Waals surface area contributed by atoms with E-state index in [2.05, 4.69) is 0 Å². The van der Waals surface area contributed by atoms with Crippen LogP contribution in [0.1, 0.15) is 20.3 Å². The van der Waals surface area contributed by atoms with Crippen molar-refractivity contribution in [1.82, 2.24) is 0 Å². The van der Waals surface area contributed by atoms with Gasteiger partial charge in [-0.3, -0.25) is 4.79 Å². The van der Waals surface area contributed by atoms with Crippen molar-refractivity contribution < 1.29 is 14.7 Å². The summed E-state index contributed by atoms with van der Waals surface area (Å²) in [6, 6.07) is 0. The maximum absolute atomic E-state index is 10.2. The van der Waals surface area contributed by atoms with Crippen LogP contribution in [0.3, 0.4) is 0 Å². The van der Waals surface area contributed by atoms with Crippen molar-refractivity contribution in [2.24, 2.45) is 5.92 Å². The average molecular weight is 156 g/mol. The van der Waals surface area contributed by atoms with Crippen LogP contribution >= 0.6 is 0 Å². The Morgan fingerprint density at radius 2 is 2.09 bits per heavy atom. The van der Waals surface area contributed by atoms with E-state index >= 15 is 0 Å². The highest BCUT2D eigenvalue weighted by molar-refractivity contribution is 5.88. The smallest absolute Gasteiger partial charge is 0.328 e. The lowest BCUT2D eigenvalue weighted by Crippen LogP contribution is -1.97. The minimum absolute atomic E-state index is 0.311. The molecule has 0 aromatic carbocycles. The summed E-state index contributed by atoms with van der Waals surface area (Å²) >= 11 is 0. The first kappa shape index (κ1) is 9.88. The maximum Gasteiger partial charge on any atom is 0.328 e. The van der Waals surface area contributed by atoms with Crippen molar-refractivity contribution in [1.29, 1.82) is 0 Å². The first-order valence-electron chi connectivity index (χ1n) is 3.45. The van der Waals surface area contributed by atoms with Gasteiger partial charge in [-0.05, 0) is 17.9 Å². The van der Waals surface area contributed by atoms with Crippen molar-refractivity contribution in [2.75, 3.05) is 0 Å². The normalized spacial score (nSPS) is 11.7. The third kappa shape index (κ3) is 5.33. The second kappa shape index (κ2) is 4.66. The van der Waals surface area contributed by atoms with E-state index in [9.17, 15) is 9.59 Å². The van der Waals surface area contributed by atoms with E-state index < -0.39 is 5.97 Å². The van der Waals surface area contributed by atoms with Crippen LogP contribution in [0.4, 0.5) is 0 Å². The molecule has 11 heavy (non-hydrogen) atoms. The van der Waals surface area contributed by atoms with Crippen LogP contribution in [-0.4, -0.2) is 17.4 Å². The fourth-order valence-corrected chi connectivity index (χ4v) is 0.771. The molecule has 0 saturated carbocycles. The van der Waals surface area contributed by atoms with Crippen molar-refractivity contribution >= 4 is 12.3 Å². The Morgan fingerprint density at radius 1 is 1.55 bits per heavy atom. The summed E-state index contributed by atoms with van der Waals surface area (Å²) in [6.45, 7) is 3.86. The molecule has 3 heteroatoms. The highest BCUT2D eigenvalue weighted by Gasteiger charge is 2.01. The van der Waals surface area contributed by atoms with Crippen LogP contribution < -0.4 is 0 Å². The number of allylic oxidation sites excluding steroid dienone is 1. The van der Waals surface area contributed by atoms with Crippen LogP contribution in [0.25, 0.3) is 0 Å². The van der Waals surface area contributed by atoms with E-state index in [1.165, 1.54) is 0 Å². The Hall–Kier alpha value is -1.12. The highest BCUT2D eigenvalue weighted by atomic mass is 16.4. The molecular weight excluding hydrogens is 144 g/mol. The van der Waals surface area contributed by atoms with Gasteiger partial charge in [-0.1, -0.05) is 13.8 Å². The molecule has 0 aliphatic rings. The van der Waals surface area contributed by atoms with Crippen LogP contribution in [-0.2, 0) is 9.59 Å². The number of hydrogen-bond acceptors (Lipinski definition) is 2. The van der Waals surface area contributed by atoms with Gasteiger partial charge in [0, 0.05) is 6.08 Å². The summed E-state index contributed by atoms with van der Waals surface area (Å²) in [6.07, 6.45) is 2.07. The third-order valence-electron chi connectivity index (χ3n) is 1.10. The molecule has 0 spiro atoms. The van der Waals surface area contributed by atoms with Crippen molar-refractivity contribution in [3.63, 3.8) is 0 Å². The SMILES string of the molecule is CC(C)C/C(C=O)=C\C(=O)O. The fourth-order valence-electron chi connectivity index (χ4n) is 0.771. The van der Waals surface area contributed by atoms with Crippen molar-refractivity contribution in [3.05, 3.63) is 11.6 Å². The Labute approximate surface area is 65.7 Å². The Bertz CT molecular complexity index is 180. The summed E-state index contributed by atoms with van der Waals surface area (Å²) in [4.78, 5) is 20.4. The second-order valence-corrected chi connectivity index (χ2v) is 2.77. The fraction of sp³-hybridized carbons (Fsp3) is 0.500. The molecule has 0 atom stereocenters. The van der Waals surface area contributed by atoms with E-state index in [4.69, 9.17) is 5.11 Å². The third-order valence-corrected chi connectivity index (χ3v) is 1.10. The molecule has 0 aromatic heterocycles. The van der Waals surface area contributed by atoms with Gasteiger partial charge in [-0.25, -0.2) is 4.79 Å². The lowest BCUT2D eigenvalue weighted by molar-refractivity contribution is -0.131. The minimum Gasteiger partial charge on any atom is -0.478 e. The first-order chi connectivity index (χ1) is 5.06. The van der Waals surface area contributed by atoms with Gasteiger partial charge < -0.3 is 5.11 Å². The standard InChI is InChI=1S/C8H12O3/c1-6(2)3-7(5-9)4-8(10)11/h4-6H,3H2,1-2H3,(H,10,11)/b7-4+. The Kier molecular flexibility index (Phi) is 4.18. The number of carbonyl (C=O) groups is 2. The summed E-state index contributed by atoms with van der Waals surface area (Å²) in [5.74, 6) is -0.751. The molecule has 62 valence electrons. The van der Waals surface area contributed by atoms with Crippen molar-refractivity contribution in [3.8, 4) is 0 Å². The van der Waals surface area contributed by atoms with Crippen molar-refractivity contribution in [2.45, 2.75) is 20.3 Å². The van der Waals surface area contributed by atoms with Crippen LogP contribution in [0.5, 0.6) is 0 Å². The number of carboxylic acid groups (broad SMARTS) is 1. The summed E-state index contributed by atoms with van der Waals surface area (Å²) in [7, 11) is 0. The first-order valence-corrected chi connectivity index (χ1v) is 3.45. The zero-order valence-corrected chi connectivity index (χ0v) is 6.70. The molecule has 0 fully saturated rings. The molecule has 0 rings (SSSR count). The largest absolute Gasteiger partial charge is 0.478 e. The van der Waals surface area contributed by atoms with E-state index in [0.717, 1.165) is 6.08 Å². The minimum atomic E-state index is -1.06. The van der Waals surface area contributed by atoms with Gasteiger partial charge in [0.05, 0.1) is 0 Å². The average Bonchev–Trinajstić information content (AvgIpc) is 1.84. The van der Waals surface area contributed by atoms with Gasteiger partial charge in [-0.2, -0.15) is 0 Å². The van der Waals surface area contributed by atoms with Crippen LogP contribution in [0.15, 0.2) is 11.6 Å². The number of carboxylic acids is 1. The monoisotopic (exact) mass is 156 g/mol. The van der Waals surface area contributed by atoms with Gasteiger partial charge in [0.1, 0.15) is 6.29 Å². The molecule has 0 heterocycles. The van der Waals surface area contributed by atoms with Crippen LogP contribution in [0, 0.1) is 5.92 Å². The number of hydrogen-bond donors (Lipinski definition) is 1. The number of aldehydes is 1. The molecule has 0 aliphatic carbocycles. The molecule has 1 N–H and O–H groups in total. The summed E-state index contributed by atoms with van der Waals surface area (Å²) in [5.41, 5.74) is 0.340. The zero-order valence-electron chi connectivity index (χ0n) is 6.70. The van der Waals surface area contributed by atoms with Gasteiger partial charge in [0.25, 0.3) is 0 Å². The number of rotatable bonds is 4. The summed E-state index contributed by atoms with van der Waals surface area (Å²) in [5, 5.41) is 8.29. The Morgan fingerprint density at radius 3 is 2.36 bits per heavy atom. The molecule has 0 aliphatic heterocycles. The molecule has 0 radical (unpaired) electrons. The van der Waals surface area contributed by atoms with Crippen LogP contribution in [0.2, 0.25) is 0 Å². The summed E-state index contributed by atoms with van der Waals surface area (Å²) < 4.78 is 0. The highest BCUT2D eigenvalue weighted by Crippen LogP contribution is 2.07. The van der Waals surface area contributed by atoms with Gasteiger partial charge in [-0.15, -0.1) is 0 Å². The topological polar surface area (TPSA) is 54.4 Å².